The van der Waals surface area contributed by atoms with Gasteiger partial charge in [-0.1, -0.05) is 28.1 Å². The number of aromatic carboxylic acids is 1. The molecule has 110 valence electrons. The maximum Gasteiger partial charge on any atom is 0.339 e. The zero-order chi connectivity index (χ0) is 15.2. The van der Waals surface area contributed by atoms with Gasteiger partial charge in [-0.05, 0) is 35.9 Å². The Labute approximate surface area is 131 Å². The number of carbonyl (C=O) groups is 1. The fourth-order valence-corrected chi connectivity index (χ4v) is 2.23. The first-order valence-corrected chi connectivity index (χ1v) is 7.18. The number of benzene rings is 2. The fraction of sp³-hybridized carbons (Fsp3) is 0.188. The lowest BCUT2D eigenvalue weighted by Crippen LogP contribution is -2.06. The van der Waals surface area contributed by atoms with Gasteiger partial charge in [-0.25, -0.2) is 4.79 Å². The highest BCUT2D eigenvalue weighted by Crippen LogP contribution is 2.23. The van der Waals surface area contributed by atoms with Crippen molar-refractivity contribution in [3.05, 3.63) is 58.1 Å². The normalized spacial score (nSPS) is 10.2. The van der Waals surface area contributed by atoms with Gasteiger partial charge < -0.3 is 14.6 Å². The first-order valence-electron chi connectivity index (χ1n) is 6.38. The van der Waals surface area contributed by atoms with E-state index in [9.17, 15) is 4.79 Å². The highest BCUT2D eigenvalue weighted by molar-refractivity contribution is 9.10. The average molecular weight is 351 g/mol. The minimum absolute atomic E-state index is 0.152. The van der Waals surface area contributed by atoms with E-state index in [0.717, 1.165) is 11.3 Å². The van der Waals surface area contributed by atoms with E-state index in [1.807, 2.05) is 24.3 Å². The van der Waals surface area contributed by atoms with E-state index >= 15 is 0 Å². The largest absolute Gasteiger partial charge is 0.497 e. The van der Waals surface area contributed by atoms with E-state index in [2.05, 4.69) is 15.9 Å². The molecule has 2 aromatic rings. The third-order valence-electron chi connectivity index (χ3n) is 2.98. The van der Waals surface area contributed by atoms with Gasteiger partial charge in [0.05, 0.1) is 13.7 Å². The molecule has 1 N–H and O–H groups in total. The molecule has 0 aliphatic heterocycles. The molecule has 5 heteroatoms. The average Bonchev–Trinajstić information content (AvgIpc) is 2.49. The van der Waals surface area contributed by atoms with Gasteiger partial charge in [-0.2, -0.15) is 0 Å². The van der Waals surface area contributed by atoms with Crippen LogP contribution in [0.15, 0.2) is 46.9 Å². The van der Waals surface area contributed by atoms with Crippen molar-refractivity contribution in [2.75, 3.05) is 13.7 Å². The van der Waals surface area contributed by atoms with Gasteiger partial charge >= 0.3 is 5.97 Å². The molecule has 0 saturated carbocycles. The molecule has 21 heavy (non-hydrogen) atoms. The first kappa shape index (κ1) is 15.4. The molecule has 0 fully saturated rings. The molecular weight excluding hydrogens is 336 g/mol. The van der Waals surface area contributed by atoms with Crippen molar-refractivity contribution in [2.45, 2.75) is 6.42 Å². The summed E-state index contributed by atoms with van der Waals surface area (Å²) in [5.74, 6) is 0.177. The second-order valence-corrected chi connectivity index (χ2v) is 5.31. The molecule has 2 rings (SSSR count). The Morgan fingerprint density at radius 1 is 1.19 bits per heavy atom. The summed E-state index contributed by atoms with van der Waals surface area (Å²) in [7, 11) is 1.62. The van der Waals surface area contributed by atoms with E-state index in [1.54, 1.807) is 19.2 Å². The van der Waals surface area contributed by atoms with Crippen LogP contribution in [0.25, 0.3) is 0 Å². The molecule has 4 nitrogen and oxygen atoms in total. The first-order chi connectivity index (χ1) is 10.1. The summed E-state index contributed by atoms with van der Waals surface area (Å²) in [6.07, 6.45) is 0.694. The number of carboxylic acid groups (broad SMARTS) is 1. The molecule has 0 heterocycles. The van der Waals surface area contributed by atoms with Crippen LogP contribution in [0.5, 0.6) is 11.5 Å². The summed E-state index contributed by atoms with van der Waals surface area (Å²) in [6, 6.07) is 12.6. The van der Waals surface area contributed by atoms with E-state index in [0.29, 0.717) is 23.2 Å². The van der Waals surface area contributed by atoms with Crippen LogP contribution in [-0.2, 0) is 6.42 Å². The van der Waals surface area contributed by atoms with Gasteiger partial charge in [0.15, 0.2) is 0 Å². The number of rotatable bonds is 6. The van der Waals surface area contributed by atoms with Crippen LogP contribution in [0.4, 0.5) is 0 Å². The van der Waals surface area contributed by atoms with Crippen molar-refractivity contribution in [2.24, 2.45) is 0 Å². The molecule has 2 aromatic carbocycles. The molecule has 0 aromatic heterocycles. The Morgan fingerprint density at radius 2 is 1.90 bits per heavy atom. The Hall–Kier alpha value is -2.01. The summed E-state index contributed by atoms with van der Waals surface area (Å²) >= 11 is 3.25. The Kier molecular flexibility index (Phi) is 5.22. The highest BCUT2D eigenvalue weighted by atomic mass is 79.9. The highest BCUT2D eigenvalue weighted by Gasteiger charge is 2.11. The number of hydrogen-bond donors (Lipinski definition) is 1. The lowest BCUT2D eigenvalue weighted by atomic mass is 10.1. The third kappa shape index (κ3) is 4.23. The number of ether oxygens (including phenoxy) is 2. The van der Waals surface area contributed by atoms with Crippen LogP contribution in [0.3, 0.4) is 0 Å². The zero-order valence-electron chi connectivity index (χ0n) is 11.5. The van der Waals surface area contributed by atoms with Crippen molar-refractivity contribution in [1.29, 1.82) is 0 Å². The molecule has 0 spiro atoms. The Balaban J connectivity index is 1.98. The van der Waals surface area contributed by atoms with E-state index in [1.165, 1.54) is 6.07 Å². The van der Waals surface area contributed by atoms with Gasteiger partial charge in [-0.3, -0.25) is 0 Å². The molecule has 0 unspecified atom stereocenters. The van der Waals surface area contributed by atoms with Crippen molar-refractivity contribution in [3.63, 3.8) is 0 Å². The van der Waals surface area contributed by atoms with Crippen molar-refractivity contribution < 1.29 is 19.4 Å². The smallest absolute Gasteiger partial charge is 0.339 e. The topological polar surface area (TPSA) is 55.8 Å². The Bertz CT molecular complexity index is 623. The monoisotopic (exact) mass is 350 g/mol. The molecule has 0 aliphatic rings. The number of carboxylic acids is 1. The zero-order valence-corrected chi connectivity index (χ0v) is 13.1. The van der Waals surface area contributed by atoms with E-state index in [-0.39, 0.29) is 5.56 Å². The SMILES string of the molecule is COc1ccc(CCOc2ccc(Br)cc2C(=O)O)cc1. The molecule has 0 amide bonds. The van der Waals surface area contributed by atoms with Crippen LogP contribution in [0.1, 0.15) is 15.9 Å². The molecule has 0 saturated heterocycles. The van der Waals surface area contributed by atoms with Crippen LogP contribution in [0.2, 0.25) is 0 Å². The third-order valence-corrected chi connectivity index (χ3v) is 3.47. The van der Waals surface area contributed by atoms with Gasteiger partial charge in [-0.15, -0.1) is 0 Å². The summed E-state index contributed by atoms with van der Waals surface area (Å²) in [4.78, 5) is 11.2. The second kappa shape index (κ2) is 7.13. The predicted octanol–water partition coefficient (Wildman–Crippen LogP) is 3.78. The minimum atomic E-state index is -1.00. The van der Waals surface area contributed by atoms with E-state index in [4.69, 9.17) is 14.6 Å². The quantitative estimate of drug-likeness (QED) is 0.861. The summed E-state index contributed by atoms with van der Waals surface area (Å²) in [5.41, 5.74) is 1.25. The predicted molar refractivity (Wildman–Crippen MR) is 83.3 cm³/mol. The lowest BCUT2D eigenvalue weighted by Gasteiger charge is -2.10. The van der Waals surface area contributed by atoms with Gasteiger partial charge in [0, 0.05) is 10.9 Å². The van der Waals surface area contributed by atoms with Crippen molar-refractivity contribution in [3.8, 4) is 11.5 Å². The molecule has 0 bridgehead atoms. The van der Waals surface area contributed by atoms with Crippen LogP contribution >= 0.6 is 15.9 Å². The fourth-order valence-electron chi connectivity index (χ4n) is 1.87. The lowest BCUT2D eigenvalue weighted by molar-refractivity contribution is 0.0692. The summed E-state index contributed by atoms with van der Waals surface area (Å²) in [5, 5.41) is 9.15. The molecule has 0 aliphatic carbocycles. The van der Waals surface area contributed by atoms with Gasteiger partial charge in [0.2, 0.25) is 0 Å². The van der Waals surface area contributed by atoms with Crippen LogP contribution in [-0.4, -0.2) is 24.8 Å². The van der Waals surface area contributed by atoms with E-state index < -0.39 is 5.97 Å². The molecular formula is C16H15BrO4. The summed E-state index contributed by atoms with van der Waals surface area (Å²) in [6.45, 7) is 0.411. The van der Waals surface area contributed by atoms with Gasteiger partial charge in [0.25, 0.3) is 0 Å². The summed E-state index contributed by atoms with van der Waals surface area (Å²) < 4.78 is 11.4. The Morgan fingerprint density at radius 3 is 2.52 bits per heavy atom. The number of hydrogen-bond acceptors (Lipinski definition) is 3. The second-order valence-electron chi connectivity index (χ2n) is 4.39. The standard InChI is InChI=1S/C16H15BrO4/c1-20-13-5-2-11(3-6-13)8-9-21-15-7-4-12(17)10-14(15)16(18)19/h2-7,10H,8-9H2,1H3,(H,18,19). The maximum atomic E-state index is 11.2. The minimum Gasteiger partial charge on any atom is -0.497 e. The molecule has 0 atom stereocenters. The maximum absolute atomic E-state index is 11.2. The van der Waals surface area contributed by atoms with Crippen LogP contribution in [0, 0.1) is 0 Å². The van der Waals surface area contributed by atoms with Crippen molar-refractivity contribution >= 4 is 21.9 Å². The van der Waals surface area contributed by atoms with Crippen molar-refractivity contribution in [1.82, 2.24) is 0 Å². The molecule has 0 radical (unpaired) electrons. The van der Waals surface area contributed by atoms with Crippen LogP contribution < -0.4 is 9.47 Å². The number of halogens is 1. The number of methoxy groups -OCH3 is 1. The van der Waals surface area contributed by atoms with Gasteiger partial charge in [0.1, 0.15) is 17.1 Å².